The number of hydrogen-bond acceptors (Lipinski definition) is 2. The monoisotopic (exact) mass is 233 g/mol. The summed E-state index contributed by atoms with van der Waals surface area (Å²) in [7, 11) is 0. The first-order valence-electron chi connectivity index (χ1n) is 6.11. The van der Waals surface area contributed by atoms with E-state index >= 15 is 0 Å². The van der Waals surface area contributed by atoms with Crippen LogP contribution in [0.2, 0.25) is 0 Å². The fourth-order valence-corrected chi connectivity index (χ4v) is 2.61. The first-order chi connectivity index (χ1) is 8.09. The van der Waals surface area contributed by atoms with Gasteiger partial charge in [0.05, 0.1) is 0 Å². The van der Waals surface area contributed by atoms with Gasteiger partial charge in [-0.3, -0.25) is 9.69 Å². The largest absolute Gasteiger partial charge is 0.480 e. The lowest BCUT2D eigenvalue weighted by Gasteiger charge is -2.23. The van der Waals surface area contributed by atoms with Gasteiger partial charge in [0, 0.05) is 6.54 Å². The number of likely N-dealkylation sites (tertiary alicyclic amines) is 1. The highest BCUT2D eigenvalue weighted by atomic mass is 16.4. The number of carboxylic acids is 1. The van der Waals surface area contributed by atoms with Crippen LogP contribution < -0.4 is 0 Å². The molecule has 0 aliphatic carbocycles. The molecule has 2 unspecified atom stereocenters. The highest BCUT2D eigenvalue weighted by Crippen LogP contribution is 2.26. The standard InChI is InChI=1S/C14H19NO2/c1-10-5-3-4-6-12(10)9-15-8-7-11(2)13(15)14(16)17/h3-6,11,13H,7-9H2,1-2H3,(H,16,17). The second kappa shape index (κ2) is 4.88. The van der Waals surface area contributed by atoms with Gasteiger partial charge < -0.3 is 5.11 Å². The molecule has 3 nitrogen and oxygen atoms in total. The van der Waals surface area contributed by atoms with Crippen LogP contribution in [0.4, 0.5) is 0 Å². The molecule has 1 N–H and O–H groups in total. The quantitative estimate of drug-likeness (QED) is 0.870. The molecule has 0 amide bonds. The van der Waals surface area contributed by atoms with Crippen LogP contribution in [-0.4, -0.2) is 28.6 Å². The summed E-state index contributed by atoms with van der Waals surface area (Å²) in [6.07, 6.45) is 0.975. The van der Waals surface area contributed by atoms with Gasteiger partial charge in [0.15, 0.2) is 0 Å². The van der Waals surface area contributed by atoms with E-state index in [0.717, 1.165) is 19.5 Å². The molecule has 0 aromatic heterocycles. The first kappa shape index (κ1) is 12.1. The Morgan fingerprint density at radius 3 is 2.82 bits per heavy atom. The fraction of sp³-hybridized carbons (Fsp3) is 0.500. The first-order valence-corrected chi connectivity index (χ1v) is 6.11. The van der Waals surface area contributed by atoms with Crippen molar-refractivity contribution in [3.63, 3.8) is 0 Å². The molecule has 1 fully saturated rings. The molecule has 1 aromatic carbocycles. The molecule has 17 heavy (non-hydrogen) atoms. The van der Waals surface area contributed by atoms with E-state index in [1.165, 1.54) is 11.1 Å². The molecule has 0 radical (unpaired) electrons. The maximum Gasteiger partial charge on any atom is 0.321 e. The Bertz CT molecular complexity index is 416. The molecule has 3 heteroatoms. The zero-order valence-corrected chi connectivity index (χ0v) is 10.4. The van der Waals surface area contributed by atoms with E-state index in [0.29, 0.717) is 0 Å². The number of aliphatic carboxylic acids is 1. The van der Waals surface area contributed by atoms with Gasteiger partial charge in [-0.15, -0.1) is 0 Å². The number of aryl methyl sites for hydroxylation is 1. The molecule has 0 spiro atoms. The number of benzene rings is 1. The van der Waals surface area contributed by atoms with E-state index in [4.69, 9.17) is 0 Å². The summed E-state index contributed by atoms with van der Waals surface area (Å²) in [4.78, 5) is 13.3. The molecule has 0 bridgehead atoms. The van der Waals surface area contributed by atoms with Crippen molar-refractivity contribution in [2.75, 3.05) is 6.54 Å². The van der Waals surface area contributed by atoms with Crippen molar-refractivity contribution in [3.05, 3.63) is 35.4 Å². The van der Waals surface area contributed by atoms with Gasteiger partial charge in [0.1, 0.15) is 6.04 Å². The molecule has 1 aromatic rings. The molecular weight excluding hydrogens is 214 g/mol. The molecular formula is C14H19NO2. The smallest absolute Gasteiger partial charge is 0.321 e. The van der Waals surface area contributed by atoms with Crippen molar-refractivity contribution in [2.24, 2.45) is 5.92 Å². The minimum Gasteiger partial charge on any atom is -0.480 e. The van der Waals surface area contributed by atoms with Crippen LogP contribution in [0.25, 0.3) is 0 Å². The van der Waals surface area contributed by atoms with Crippen molar-refractivity contribution >= 4 is 5.97 Å². The maximum atomic E-state index is 11.3. The van der Waals surface area contributed by atoms with Crippen molar-refractivity contribution < 1.29 is 9.90 Å². The summed E-state index contributed by atoms with van der Waals surface area (Å²) < 4.78 is 0. The topological polar surface area (TPSA) is 40.5 Å². The molecule has 92 valence electrons. The predicted octanol–water partition coefficient (Wildman–Crippen LogP) is 2.29. The summed E-state index contributed by atoms with van der Waals surface area (Å²) in [5.41, 5.74) is 2.46. The highest BCUT2D eigenvalue weighted by Gasteiger charge is 2.36. The van der Waals surface area contributed by atoms with Crippen LogP contribution in [-0.2, 0) is 11.3 Å². The summed E-state index contributed by atoms with van der Waals surface area (Å²) in [5.74, 6) is -0.444. The Morgan fingerprint density at radius 1 is 1.47 bits per heavy atom. The third-order valence-electron chi connectivity index (χ3n) is 3.69. The van der Waals surface area contributed by atoms with Crippen LogP contribution in [0.15, 0.2) is 24.3 Å². The average molecular weight is 233 g/mol. The minimum atomic E-state index is -0.691. The summed E-state index contributed by atoms with van der Waals surface area (Å²) in [5, 5.41) is 9.26. The molecule has 1 heterocycles. The zero-order valence-electron chi connectivity index (χ0n) is 10.4. The molecule has 1 aliphatic heterocycles. The SMILES string of the molecule is Cc1ccccc1CN1CCC(C)C1C(=O)O. The normalized spacial score (nSPS) is 25.1. The molecule has 0 saturated carbocycles. The van der Waals surface area contributed by atoms with Crippen molar-refractivity contribution in [2.45, 2.75) is 32.9 Å². The second-order valence-electron chi connectivity index (χ2n) is 4.95. The van der Waals surface area contributed by atoms with E-state index in [1.807, 2.05) is 19.1 Å². The molecule has 2 atom stereocenters. The number of nitrogens with zero attached hydrogens (tertiary/aromatic N) is 1. The van der Waals surface area contributed by atoms with Gasteiger partial charge in [0.2, 0.25) is 0 Å². The van der Waals surface area contributed by atoms with Gasteiger partial charge in [0.25, 0.3) is 0 Å². The van der Waals surface area contributed by atoms with E-state index < -0.39 is 5.97 Å². The summed E-state index contributed by atoms with van der Waals surface area (Å²) >= 11 is 0. The fourth-order valence-electron chi connectivity index (χ4n) is 2.61. The third kappa shape index (κ3) is 2.50. The summed E-state index contributed by atoms with van der Waals surface area (Å²) in [6.45, 7) is 5.72. The average Bonchev–Trinajstić information content (AvgIpc) is 2.63. The van der Waals surface area contributed by atoms with Gasteiger partial charge in [-0.05, 0) is 36.9 Å². The van der Waals surface area contributed by atoms with Crippen LogP contribution >= 0.6 is 0 Å². The number of carbonyl (C=O) groups is 1. The highest BCUT2D eigenvalue weighted by molar-refractivity contribution is 5.74. The second-order valence-corrected chi connectivity index (χ2v) is 4.95. The number of rotatable bonds is 3. The van der Waals surface area contributed by atoms with E-state index in [1.54, 1.807) is 0 Å². The predicted molar refractivity (Wildman–Crippen MR) is 66.8 cm³/mol. The lowest BCUT2D eigenvalue weighted by Crippen LogP contribution is -2.38. The van der Waals surface area contributed by atoms with Gasteiger partial charge >= 0.3 is 5.97 Å². The van der Waals surface area contributed by atoms with Gasteiger partial charge in [-0.2, -0.15) is 0 Å². The van der Waals surface area contributed by atoms with Crippen molar-refractivity contribution in [1.29, 1.82) is 0 Å². The summed E-state index contributed by atoms with van der Waals surface area (Å²) in [6, 6.07) is 7.86. The van der Waals surface area contributed by atoms with E-state index in [2.05, 4.69) is 24.0 Å². The third-order valence-corrected chi connectivity index (χ3v) is 3.69. The zero-order chi connectivity index (χ0) is 12.4. The van der Waals surface area contributed by atoms with Crippen LogP contribution in [0, 0.1) is 12.8 Å². The molecule has 1 aliphatic rings. The number of carboxylic acid groups (broad SMARTS) is 1. The van der Waals surface area contributed by atoms with Crippen molar-refractivity contribution in [1.82, 2.24) is 4.90 Å². The Morgan fingerprint density at radius 2 is 2.18 bits per heavy atom. The Balaban J connectivity index is 2.14. The van der Waals surface area contributed by atoms with Gasteiger partial charge in [-0.1, -0.05) is 31.2 Å². The van der Waals surface area contributed by atoms with Crippen LogP contribution in [0.1, 0.15) is 24.5 Å². The Hall–Kier alpha value is -1.35. The Labute approximate surface area is 102 Å². The van der Waals surface area contributed by atoms with Crippen LogP contribution in [0.3, 0.4) is 0 Å². The van der Waals surface area contributed by atoms with Gasteiger partial charge in [-0.25, -0.2) is 0 Å². The minimum absolute atomic E-state index is 0.247. The lowest BCUT2D eigenvalue weighted by atomic mass is 10.0. The van der Waals surface area contributed by atoms with E-state index in [-0.39, 0.29) is 12.0 Å². The molecule has 2 rings (SSSR count). The lowest BCUT2D eigenvalue weighted by molar-refractivity contribution is -0.143. The number of hydrogen-bond donors (Lipinski definition) is 1. The van der Waals surface area contributed by atoms with Crippen molar-refractivity contribution in [3.8, 4) is 0 Å². The Kier molecular flexibility index (Phi) is 3.48. The maximum absolute atomic E-state index is 11.3. The van der Waals surface area contributed by atoms with E-state index in [9.17, 15) is 9.90 Å². The van der Waals surface area contributed by atoms with Crippen LogP contribution in [0.5, 0.6) is 0 Å². The molecule has 1 saturated heterocycles.